The number of carbonyl (C=O) groups is 1. The summed E-state index contributed by atoms with van der Waals surface area (Å²) in [4.78, 5) is 12.9. The van der Waals surface area contributed by atoms with Gasteiger partial charge in [-0.2, -0.15) is 13.2 Å². The van der Waals surface area contributed by atoms with Crippen LogP contribution >= 0.6 is 0 Å². The van der Waals surface area contributed by atoms with Gasteiger partial charge in [0, 0.05) is 13.0 Å². The summed E-state index contributed by atoms with van der Waals surface area (Å²) in [5.74, 6) is -0.222. The Morgan fingerprint density at radius 1 is 1.19 bits per heavy atom. The van der Waals surface area contributed by atoms with E-state index in [9.17, 15) is 18.0 Å². The maximum Gasteiger partial charge on any atom is 0.416 e. The van der Waals surface area contributed by atoms with E-state index in [1.54, 1.807) is 0 Å². The number of benzene rings is 1. The first-order chi connectivity index (χ1) is 9.82. The van der Waals surface area contributed by atoms with Crippen molar-refractivity contribution in [2.45, 2.75) is 32.0 Å². The SMILES string of the molecule is COC(=O)CCCCN(C)Cc1ccc(C(F)(F)F)cc1. The molecule has 3 nitrogen and oxygen atoms in total. The predicted octanol–water partition coefficient (Wildman–Crippen LogP) is 3.48. The minimum absolute atomic E-state index is 0.222. The third-order valence-corrected chi connectivity index (χ3v) is 3.13. The minimum Gasteiger partial charge on any atom is -0.469 e. The Kier molecular flexibility index (Phi) is 6.68. The fourth-order valence-electron chi connectivity index (χ4n) is 1.94. The number of hydrogen-bond acceptors (Lipinski definition) is 3. The van der Waals surface area contributed by atoms with Crippen LogP contribution in [-0.4, -0.2) is 31.6 Å². The van der Waals surface area contributed by atoms with Crippen LogP contribution in [0.15, 0.2) is 24.3 Å². The monoisotopic (exact) mass is 303 g/mol. The molecule has 1 aromatic rings. The molecule has 0 saturated carbocycles. The van der Waals surface area contributed by atoms with Gasteiger partial charge >= 0.3 is 12.1 Å². The number of carbonyl (C=O) groups excluding carboxylic acids is 1. The summed E-state index contributed by atoms with van der Waals surface area (Å²) in [5, 5.41) is 0. The summed E-state index contributed by atoms with van der Waals surface area (Å²) in [5.41, 5.74) is 0.199. The van der Waals surface area contributed by atoms with Crippen LogP contribution in [0.4, 0.5) is 13.2 Å². The lowest BCUT2D eigenvalue weighted by Gasteiger charge is -2.17. The molecule has 0 bridgehead atoms. The largest absolute Gasteiger partial charge is 0.469 e. The Labute approximate surface area is 122 Å². The number of rotatable bonds is 7. The van der Waals surface area contributed by atoms with E-state index in [2.05, 4.69) is 4.74 Å². The van der Waals surface area contributed by atoms with E-state index in [0.717, 1.165) is 37.1 Å². The molecule has 0 heterocycles. The molecule has 0 unspecified atom stereocenters. The van der Waals surface area contributed by atoms with Crippen LogP contribution in [0, 0.1) is 0 Å². The molecule has 0 aliphatic heterocycles. The fraction of sp³-hybridized carbons (Fsp3) is 0.533. The van der Waals surface area contributed by atoms with Gasteiger partial charge in [0.05, 0.1) is 12.7 Å². The quantitative estimate of drug-likeness (QED) is 0.570. The van der Waals surface area contributed by atoms with Crippen LogP contribution in [-0.2, 0) is 22.3 Å². The van der Waals surface area contributed by atoms with E-state index in [1.165, 1.54) is 19.2 Å². The molecule has 6 heteroatoms. The van der Waals surface area contributed by atoms with Crippen LogP contribution in [0.25, 0.3) is 0 Å². The van der Waals surface area contributed by atoms with Gasteiger partial charge in [-0.1, -0.05) is 12.1 Å². The Bertz CT molecular complexity index is 443. The average molecular weight is 303 g/mol. The molecule has 21 heavy (non-hydrogen) atoms. The van der Waals surface area contributed by atoms with E-state index in [-0.39, 0.29) is 5.97 Å². The number of nitrogens with zero attached hydrogens (tertiary/aromatic N) is 1. The molecule has 0 atom stereocenters. The Morgan fingerprint density at radius 3 is 2.33 bits per heavy atom. The van der Waals surface area contributed by atoms with Gasteiger partial charge in [0.1, 0.15) is 0 Å². The lowest BCUT2D eigenvalue weighted by molar-refractivity contribution is -0.140. The molecule has 0 aliphatic rings. The summed E-state index contributed by atoms with van der Waals surface area (Å²) in [6.07, 6.45) is -2.32. The Morgan fingerprint density at radius 2 is 1.81 bits per heavy atom. The molecule has 0 fully saturated rings. The molecule has 0 amide bonds. The zero-order valence-corrected chi connectivity index (χ0v) is 12.2. The first kappa shape index (κ1) is 17.5. The topological polar surface area (TPSA) is 29.5 Å². The number of methoxy groups -OCH3 is 1. The Hall–Kier alpha value is -1.56. The van der Waals surface area contributed by atoms with Crippen molar-refractivity contribution in [2.24, 2.45) is 0 Å². The zero-order valence-electron chi connectivity index (χ0n) is 12.2. The first-order valence-corrected chi connectivity index (χ1v) is 6.74. The van der Waals surface area contributed by atoms with Crippen LogP contribution < -0.4 is 0 Å². The number of hydrogen-bond donors (Lipinski definition) is 0. The van der Waals surface area contributed by atoms with Gasteiger partial charge in [0.25, 0.3) is 0 Å². The van der Waals surface area contributed by atoms with Crippen molar-refractivity contribution in [3.8, 4) is 0 Å². The standard InChI is InChI=1S/C15H20F3NO2/c1-19(10-4-3-5-14(20)21-2)11-12-6-8-13(9-7-12)15(16,17)18/h6-9H,3-5,10-11H2,1-2H3. The summed E-state index contributed by atoms with van der Waals surface area (Å²) >= 11 is 0. The summed E-state index contributed by atoms with van der Waals surface area (Å²) < 4.78 is 41.8. The minimum atomic E-state index is -4.29. The molecular weight excluding hydrogens is 283 g/mol. The van der Waals surface area contributed by atoms with E-state index >= 15 is 0 Å². The van der Waals surface area contributed by atoms with Crippen molar-refractivity contribution >= 4 is 5.97 Å². The second-order valence-electron chi connectivity index (χ2n) is 4.97. The van der Waals surface area contributed by atoms with Gasteiger partial charge in [-0.15, -0.1) is 0 Å². The smallest absolute Gasteiger partial charge is 0.416 e. The van der Waals surface area contributed by atoms with Gasteiger partial charge in [0.15, 0.2) is 0 Å². The average Bonchev–Trinajstić information content (AvgIpc) is 2.43. The van der Waals surface area contributed by atoms with Gasteiger partial charge < -0.3 is 9.64 Å². The molecule has 0 N–H and O–H groups in total. The molecule has 0 aromatic heterocycles. The van der Waals surface area contributed by atoms with Crippen LogP contribution in [0.2, 0.25) is 0 Å². The number of halogens is 3. The molecule has 0 spiro atoms. The highest BCUT2D eigenvalue weighted by Gasteiger charge is 2.29. The van der Waals surface area contributed by atoms with Crippen LogP contribution in [0.1, 0.15) is 30.4 Å². The fourth-order valence-corrected chi connectivity index (χ4v) is 1.94. The summed E-state index contributed by atoms with van der Waals surface area (Å²) in [6, 6.07) is 5.18. The van der Waals surface area contributed by atoms with Gasteiger partial charge in [-0.3, -0.25) is 4.79 Å². The van der Waals surface area contributed by atoms with Crippen LogP contribution in [0.3, 0.4) is 0 Å². The Balaban J connectivity index is 2.34. The second kappa shape index (κ2) is 8.02. The number of esters is 1. The molecular formula is C15H20F3NO2. The molecule has 0 saturated heterocycles. The first-order valence-electron chi connectivity index (χ1n) is 6.74. The highest BCUT2D eigenvalue weighted by atomic mass is 19.4. The van der Waals surface area contributed by atoms with Gasteiger partial charge in [-0.25, -0.2) is 0 Å². The van der Waals surface area contributed by atoms with Crippen molar-refractivity contribution < 1.29 is 22.7 Å². The van der Waals surface area contributed by atoms with Crippen molar-refractivity contribution in [3.05, 3.63) is 35.4 Å². The maximum atomic E-state index is 12.4. The highest BCUT2D eigenvalue weighted by molar-refractivity contribution is 5.68. The van der Waals surface area contributed by atoms with Gasteiger partial charge in [0.2, 0.25) is 0 Å². The zero-order chi connectivity index (χ0) is 15.9. The van der Waals surface area contributed by atoms with Crippen molar-refractivity contribution in [1.29, 1.82) is 0 Å². The van der Waals surface area contributed by atoms with Gasteiger partial charge in [-0.05, 0) is 44.1 Å². The predicted molar refractivity (Wildman–Crippen MR) is 73.6 cm³/mol. The van der Waals surface area contributed by atoms with Crippen molar-refractivity contribution in [2.75, 3.05) is 20.7 Å². The van der Waals surface area contributed by atoms with E-state index in [0.29, 0.717) is 13.0 Å². The van der Waals surface area contributed by atoms with Crippen molar-refractivity contribution in [3.63, 3.8) is 0 Å². The summed E-state index contributed by atoms with van der Waals surface area (Å²) in [7, 11) is 3.26. The van der Waals surface area contributed by atoms with E-state index < -0.39 is 11.7 Å². The third kappa shape index (κ3) is 6.62. The molecule has 0 radical (unpaired) electrons. The lowest BCUT2D eigenvalue weighted by Crippen LogP contribution is -2.19. The highest BCUT2D eigenvalue weighted by Crippen LogP contribution is 2.29. The van der Waals surface area contributed by atoms with Crippen LogP contribution in [0.5, 0.6) is 0 Å². The lowest BCUT2D eigenvalue weighted by atomic mass is 10.1. The third-order valence-electron chi connectivity index (χ3n) is 3.13. The van der Waals surface area contributed by atoms with E-state index in [1.807, 2.05) is 11.9 Å². The second-order valence-corrected chi connectivity index (χ2v) is 4.97. The molecule has 118 valence electrons. The molecule has 1 aromatic carbocycles. The molecule has 0 aliphatic carbocycles. The molecule has 1 rings (SSSR count). The maximum absolute atomic E-state index is 12.4. The normalized spacial score (nSPS) is 11.7. The number of unbranched alkanes of at least 4 members (excludes halogenated alkanes) is 1. The number of alkyl halides is 3. The van der Waals surface area contributed by atoms with E-state index in [4.69, 9.17) is 0 Å². The number of ether oxygens (including phenoxy) is 1. The summed E-state index contributed by atoms with van der Waals surface area (Å²) in [6.45, 7) is 1.36. The van der Waals surface area contributed by atoms with Crippen molar-refractivity contribution in [1.82, 2.24) is 4.90 Å².